The van der Waals surface area contributed by atoms with Crippen LogP contribution in [0.15, 0.2) is 65.5 Å². The van der Waals surface area contributed by atoms with Crippen LogP contribution in [0.4, 0.5) is 10.5 Å². The number of amides is 2. The summed E-state index contributed by atoms with van der Waals surface area (Å²) in [6.07, 6.45) is 5.00. The van der Waals surface area contributed by atoms with Crippen LogP contribution in [0.25, 0.3) is 5.69 Å². The molecule has 6 heteroatoms. The molecular formula is C17H18N4O2. The molecule has 118 valence electrons. The van der Waals surface area contributed by atoms with E-state index in [0.29, 0.717) is 5.69 Å². The molecule has 1 unspecified atom stereocenters. The summed E-state index contributed by atoms with van der Waals surface area (Å²) in [6, 6.07) is 13.0. The van der Waals surface area contributed by atoms with Crippen molar-refractivity contribution in [2.75, 3.05) is 12.4 Å². The summed E-state index contributed by atoms with van der Waals surface area (Å²) in [5, 5.41) is 7.10. The SMILES string of the molecule is CC(c1ccco1)N(C)C(=O)Nc1cnn(-c2ccccc2)c1. The number of nitrogens with zero attached hydrogens (tertiary/aromatic N) is 3. The van der Waals surface area contributed by atoms with Crippen molar-refractivity contribution in [3.8, 4) is 5.69 Å². The van der Waals surface area contributed by atoms with Gasteiger partial charge in [-0.1, -0.05) is 18.2 Å². The highest BCUT2D eigenvalue weighted by Crippen LogP contribution is 2.20. The number of anilines is 1. The van der Waals surface area contributed by atoms with Crippen molar-refractivity contribution in [3.05, 3.63) is 66.9 Å². The zero-order valence-corrected chi connectivity index (χ0v) is 13.0. The number of rotatable bonds is 4. The fraction of sp³-hybridized carbons (Fsp3) is 0.176. The Kier molecular flexibility index (Phi) is 4.14. The maximum absolute atomic E-state index is 12.3. The van der Waals surface area contributed by atoms with Gasteiger partial charge in [-0.15, -0.1) is 0 Å². The summed E-state index contributed by atoms with van der Waals surface area (Å²) in [5.74, 6) is 0.739. The van der Waals surface area contributed by atoms with Crippen LogP contribution in [0.5, 0.6) is 0 Å². The van der Waals surface area contributed by atoms with Gasteiger partial charge in [-0.2, -0.15) is 5.10 Å². The standard InChI is InChI=1S/C17H18N4O2/c1-13(16-9-6-10-23-16)20(2)17(22)19-14-11-18-21(12-14)15-7-4-3-5-8-15/h3-13H,1-2H3,(H,19,22). The highest BCUT2D eigenvalue weighted by atomic mass is 16.3. The topological polar surface area (TPSA) is 63.3 Å². The lowest BCUT2D eigenvalue weighted by molar-refractivity contribution is 0.201. The average molecular weight is 310 g/mol. The van der Waals surface area contributed by atoms with Crippen molar-refractivity contribution in [2.24, 2.45) is 0 Å². The van der Waals surface area contributed by atoms with E-state index >= 15 is 0 Å². The minimum absolute atomic E-state index is 0.158. The summed E-state index contributed by atoms with van der Waals surface area (Å²) in [5.41, 5.74) is 1.57. The molecule has 6 nitrogen and oxygen atoms in total. The molecule has 3 rings (SSSR count). The Morgan fingerprint density at radius 1 is 1.26 bits per heavy atom. The van der Waals surface area contributed by atoms with Crippen LogP contribution < -0.4 is 5.32 Å². The summed E-state index contributed by atoms with van der Waals surface area (Å²) in [7, 11) is 1.73. The first kappa shape index (κ1) is 14.9. The molecule has 0 aliphatic heterocycles. The summed E-state index contributed by atoms with van der Waals surface area (Å²) >= 11 is 0. The van der Waals surface area contributed by atoms with Crippen LogP contribution in [0.2, 0.25) is 0 Å². The van der Waals surface area contributed by atoms with Gasteiger partial charge >= 0.3 is 6.03 Å². The Hall–Kier alpha value is -3.02. The second kappa shape index (κ2) is 6.39. The Morgan fingerprint density at radius 2 is 2.04 bits per heavy atom. The Morgan fingerprint density at radius 3 is 2.74 bits per heavy atom. The zero-order valence-electron chi connectivity index (χ0n) is 13.0. The predicted octanol–water partition coefficient (Wildman–Crippen LogP) is 3.69. The summed E-state index contributed by atoms with van der Waals surface area (Å²) in [4.78, 5) is 13.9. The zero-order chi connectivity index (χ0) is 16.2. The number of benzene rings is 1. The van der Waals surface area contributed by atoms with E-state index in [2.05, 4.69) is 10.4 Å². The van der Waals surface area contributed by atoms with Gasteiger partial charge in [0, 0.05) is 7.05 Å². The molecule has 2 heterocycles. The Balaban J connectivity index is 1.67. The monoisotopic (exact) mass is 310 g/mol. The molecule has 1 aromatic carbocycles. The second-order valence-electron chi connectivity index (χ2n) is 5.24. The fourth-order valence-corrected chi connectivity index (χ4v) is 2.22. The molecule has 0 aliphatic carbocycles. The number of hydrogen-bond donors (Lipinski definition) is 1. The van der Waals surface area contributed by atoms with Crippen LogP contribution in [0.1, 0.15) is 18.7 Å². The molecule has 1 atom stereocenters. The van der Waals surface area contributed by atoms with Gasteiger partial charge in [-0.25, -0.2) is 9.48 Å². The number of carbonyl (C=O) groups excluding carboxylic acids is 1. The molecule has 23 heavy (non-hydrogen) atoms. The highest BCUT2D eigenvalue weighted by Gasteiger charge is 2.19. The molecule has 0 spiro atoms. The molecule has 3 aromatic rings. The van der Waals surface area contributed by atoms with E-state index in [4.69, 9.17) is 4.42 Å². The van der Waals surface area contributed by atoms with Gasteiger partial charge < -0.3 is 14.6 Å². The van der Waals surface area contributed by atoms with Crippen molar-refractivity contribution in [1.82, 2.24) is 14.7 Å². The number of carbonyl (C=O) groups is 1. The normalized spacial score (nSPS) is 11.9. The lowest BCUT2D eigenvalue weighted by atomic mass is 10.2. The number of urea groups is 1. The maximum Gasteiger partial charge on any atom is 0.322 e. The first-order valence-electron chi connectivity index (χ1n) is 7.32. The molecule has 2 aromatic heterocycles. The van der Waals surface area contributed by atoms with Crippen LogP contribution in [0.3, 0.4) is 0 Å². The van der Waals surface area contributed by atoms with Crippen LogP contribution in [-0.4, -0.2) is 27.8 Å². The van der Waals surface area contributed by atoms with Crippen LogP contribution in [0, 0.1) is 0 Å². The molecule has 0 saturated carbocycles. The van der Waals surface area contributed by atoms with E-state index < -0.39 is 0 Å². The summed E-state index contributed by atoms with van der Waals surface area (Å²) in [6.45, 7) is 1.91. The van der Waals surface area contributed by atoms with Gasteiger partial charge in [0.1, 0.15) is 5.76 Å². The second-order valence-corrected chi connectivity index (χ2v) is 5.24. The lowest BCUT2D eigenvalue weighted by Gasteiger charge is -2.23. The molecule has 2 amide bonds. The van der Waals surface area contributed by atoms with Crippen LogP contribution in [-0.2, 0) is 0 Å². The van der Waals surface area contributed by atoms with Gasteiger partial charge in [0.25, 0.3) is 0 Å². The molecule has 0 fully saturated rings. The number of aromatic nitrogens is 2. The third-order valence-electron chi connectivity index (χ3n) is 3.71. The van der Waals surface area contributed by atoms with Crippen LogP contribution >= 0.6 is 0 Å². The quantitative estimate of drug-likeness (QED) is 0.799. The Bertz CT molecular complexity index is 765. The number of para-hydroxylation sites is 1. The largest absolute Gasteiger partial charge is 0.467 e. The molecular weight excluding hydrogens is 292 g/mol. The van der Waals surface area contributed by atoms with Crippen molar-refractivity contribution in [1.29, 1.82) is 0 Å². The molecule has 1 N–H and O–H groups in total. The predicted molar refractivity (Wildman–Crippen MR) is 87.5 cm³/mol. The van der Waals surface area contributed by atoms with Gasteiger partial charge in [-0.05, 0) is 31.2 Å². The minimum atomic E-state index is -0.221. The van der Waals surface area contributed by atoms with E-state index in [9.17, 15) is 4.79 Å². The van der Waals surface area contributed by atoms with Crippen molar-refractivity contribution >= 4 is 11.7 Å². The number of hydrogen-bond acceptors (Lipinski definition) is 3. The first-order chi connectivity index (χ1) is 11.1. The van der Waals surface area contributed by atoms with Crippen molar-refractivity contribution < 1.29 is 9.21 Å². The fourth-order valence-electron chi connectivity index (χ4n) is 2.22. The van der Waals surface area contributed by atoms with E-state index in [1.807, 2.05) is 49.4 Å². The molecule has 0 saturated heterocycles. The lowest BCUT2D eigenvalue weighted by Crippen LogP contribution is -2.33. The van der Waals surface area contributed by atoms with Crippen molar-refractivity contribution in [3.63, 3.8) is 0 Å². The summed E-state index contributed by atoms with van der Waals surface area (Å²) < 4.78 is 7.05. The third-order valence-corrected chi connectivity index (χ3v) is 3.71. The first-order valence-corrected chi connectivity index (χ1v) is 7.32. The van der Waals surface area contributed by atoms with E-state index in [1.54, 1.807) is 35.3 Å². The van der Waals surface area contributed by atoms with E-state index in [-0.39, 0.29) is 12.1 Å². The van der Waals surface area contributed by atoms with Gasteiger partial charge in [0.05, 0.1) is 36.1 Å². The molecule has 0 radical (unpaired) electrons. The van der Waals surface area contributed by atoms with Gasteiger partial charge in [0.15, 0.2) is 0 Å². The van der Waals surface area contributed by atoms with E-state index in [0.717, 1.165) is 11.4 Å². The number of nitrogens with one attached hydrogen (secondary N) is 1. The molecule has 0 bridgehead atoms. The number of furan rings is 1. The highest BCUT2D eigenvalue weighted by molar-refractivity contribution is 5.89. The van der Waals surface area contributed by atoms with Gasteiger partial charge in [-0.3, -0.25) is 0 Å². The van der Waals surface area contributed by atoms with E-state index in [1.165, 1.54) is 0 Å². The van der Waals surface area contributed by atoms with Crippen molar-refractivity contribution in [2.45, 2.75) is 13.0 Å². The minimum Gasteiger partial charge on any atom is -0.467 e. The molecule has 0 aliphatic rings. The Labute approximate surface area is 134 Å². The van der Waals surface area contributed by atoms with Gasteiger partial charge in [0.2, 0.25) is 0 Å². The maximum atomic E-state index is 12.3. The smallest absolute Gasteiger partial charge is 0.322 e. The third kappa shape index (κ3) is 3.26. The average Bonchev–Trinajstić information content (AvgIpc) is 3.26.